The SMILES string of the molecule is Nc1cc(-c2ccc([N+](=O)[O-])c(Cl)c2)on1. The van der Waals surface area contributed by atoms with E-state index >= 15 is 0 Å². The lowest BCUT2D eigenvalue weighted by Gasteiger charge is -1.97. The van der Waals surface area contributed by atoms with Gasteiger partial charge in [0.25, 0.3) is 5.69 Å². The first-order valence-electron chi connectivity index (χ1n) is 4.24. The lowest BCUT2D eigenvalue weighted by Crippen LogP contribution is -1.88. The number of rotatable bonds is 2. The predicted octanol–water partition coefficient (Wildman–Crippen LogP) is 2.49. The van der Waals surface area contributed by atoms with Crippen LogP contribution >= 0.6 is 11.6 Å². The maximum atomic E-state index is 10.5. The van der Waals surface area contributed by atoms with Crippen molar-refractivity contribution in [3.63, 3.8) is 0 Å². The van der Waals surface area contributed by atoms with Gasteiger partial charge < -0.3 is 10.3 Å². The molecule has 0 saturated heterocycles. The highest BCUT2D eigenvalue weighted by molar-refractivity contribution is 6.32. The highest BCUT2D eigenvalue weighted by atomic mass is 35.5. The Hall–Kier alpha value is -2.08. The minimum absolute atomic E-state index is 0.0393. The third-order valence-corrected chi connectivity index (χ3v) is 2.26. The molecule has 16 heavy (non-hydrogen) atoms. The van der Waals surface area contributed by atoms with Crippen molar-refractivity contribution in [2.45, 2.75) is 0 Å². The van der Waals surface area contributed by atoms with Crippen molar-refractivity contribution in [1.82, 2.24) is 5.16 Å². The maximum absolute atomic E-state index is 10.5. The smallest absolute Gasteiger partial charge is 0.287 e. The molecule has 2 N–H and O–H groups in total. The van der Waals surface area contributed by atoms with Gasteiger partial charge in [-0.3, -0.25) is 10.1 Å². The first-order valence-corrected chi connectivity index (χ1v) is 4.62. The molecule has 0 aliphatic heterocycles. The van der Waals surface area contributed by atoms with Crippen LogP contribution in [0.2, 0.25) is 5.02 Å². The summed E-state index contributed by atoms with van der Waals surface area (Å²) in [4.78, 5) is 9.98. The monoisotopic (exact) mass is 239 g/mol. The predicted molar refractivity (Wildman–Crippen MR) is 58.0 cm³/mol. The Balaban J connectivity index is 2.45. The van der Waals surface area contributed by atoms with Crippen molar-refractivity contribution in [3.05, 3.63) is 39.4 Å². The zero-order chi connectivity index (χ0) is 11.7. The highest BCUT2D eigenvalue weighted by Crippen LogP contribution is 2.30. The fourth-order valence-corrected chi connectivity index (χ4v) is 1.48. The number of benzene rings is 1. The van der Waals surface area contributed by atoms with Crippen LogP contribution in [0.3, 0.4) is 0 Å². The number of nitro benzene ring substituents is 1. The number of hydrogen-bond donors (Lipinski definition) is 1. The summed E-state index contributed by atoms with van der Waals surface area (Å²) in [7, 11) is 0. The summed E-state index contributed by atoms with van der Waals surface area (Å²) in [5.41, 5.74) is 5.81. The third kappa shape index (κ3) is 1.82. The minimum atomic E-state index is -0.555. The van der Waals surface area contributed by atoms with Crippen molar-refractivity contribution in [2.24, 2.45) is 0 Å². The summed E-state index contributed by atoms with van der Waals surface area (Å²) in [6.45, 7) is 0. The Bertz CT molecular complexity index is 553. The first kappa shape index (κ1) is 10.4. The largest absolute Gasteiger partial charge is 0.381 e. The topological polar surface area (TPSA) is 95.2 Å². The van der Waals surface area contributed by atoms with Gasteiger partial charge in [0.1, 0.15) is 5.02 Å². The second kappa shape index (κ2) is 3.82. The standard InChI is InChI=1S/C9H6ClN3O3/c10-6-3-5(1-2-7(6)13(14)15)8-4-9(11)12-16-8/h1-4H,(H2,11,12). The molecule has 82 valence electrons. The summed E-state index contributed by atoms with van der Waals surface area (Å²) in [6.07, 6.45) is 0. The molecule has 0 atom stereocenters. The second-order valence-corrected chi connectivity index (χ2v) is 3.45. The number of anilines is 1. The van der Waals surface area contributed by atoms with Gasteiger partial charge in [0, 0.05) is 17.7 Å². The van der Waals surface area contributed by atoms with Crippen LogP contribution in [0.4, 0.5) is 11.5 Å². The molecule has 6 nitrogen and oxygen atoms in total. The summed E-state index contributed by atoms with van der Waals surface area (Å²) in [5, 5.41) is 14.1. The molecule has 0 radical (unpaired) electrons. The molecule has 2 rings (SSSR count). The van der Waals surface area contributed by atoms with Gasteiger partial charge in [-0.1, -0.05) is 16.8 Å². The lowest BCUT2D eigenvalue weighted by atomic mass is 10.1. The molecule has 0 fully saturated rings. The zero-order valence-electron chi connectivity index (χ0n) is 7.88. The Kier molecular flexibility index (Phi) is 2.49. The van der Waals surface area contributed by atoms with Gasteiger partial charge in [-0.05, 0) is 12.1 Å². The van der Waals surface area contributed by atoms with Crippen molar-refractivity contribution >= 4 is 23.1 Å². The number of hydrogen-bond acceptors (Lipinski definition) is 5. The average molecular weight is 240 g/mol. The van der Waals surface area contributed by atoms with Crippen LogP contribution in [0.15, 0.2) is 28.8 Å². The van der Waals surface area contributed by atoms with Crippen molar-refractivity contribution < 1.29 is 9.45 Å². The molecular weight excluding hydrogens is 234 g/mol. The minimum Gasteiger partial charge on any atom is -0.381 e. The van der Waals surface area contributed by atoms with Gasteiger partial charge in [-0.2, -0.15) is 0 Å². The first-order chi connectivity index (χ1) is 7.58. The van der Waals surface area contributed by atoms with Crippen LogP contribution in [0.25, 0.3) is 11.3 Å². The Morgan fingerprint density at radius 3 is 2.69 bits per heavy atom. The van der Waals surface area contributed by atoms with E-state index in [1.807, 2.05) is 0 Å². The molecule has 0 spiro atoms. The van der Waals surface area contributed by atoms with Gasteiger partial charge in [-0.15, -0.1) is 0 Å². The Labute approximate surface area is 94.7 Å². The van der Waals surface area contributed by atoms with E-state index in [1.54, 1.807) is 0 Å². The normalized spacial score (nSPS) is 10.3. The number of aromatic nitrogens is 1. The summed E-state index contributed by atoms with van der Waals surface area (Å²) in [6, 6.07) is 5.76. The van der Waals surface area contributed by atoms with E-state index in [2.05, 4.69) is 5.16 Å². The van der Waals surface area contributed by atoms with Crippen LogP contribution in [-0.4, -0.2) is 10.1 Å². The quantitative estimate of drug-likeness (QED) is 0.642. The molecule has 1 aromatic heterocycles. The van der Waals surface area contributed by atoms with E-state index in [9.17, 15) is 10.1 Å². The van der Waals surface area contributed by atoms with Gasteiger partial charge in [0.05, 0.1) is 4.92 Å². The highest BCUT2D eigenvalue weighted by Gasteiger charge is 2.14. The molecule has 0 unspecified atom stereocenters. The molecule has 7 heteroatoms. The van der Waals surface area contributed by atoms with Crippen molar-refractivity contribution in [2.75, 3.05) is 5.73 Å². The molecule has 0 saturated carbocycles. The van der Waals surface area contributed by atoms with Crippen LogP contribution in [0, 0.1) is 10.1 Å². The number of halogens is 1. The number of nitrogen functional groups attached to an aromatic ring is 1. The number of nitrogens with two attached hydrogens (primary N) is 1. The maximum Gasteiger partial charge on any atom is 0.287 e. The van der Waals surface area contributed by atoms with Crippen LogP contribution < -0.4 is 5.73 Å². The Morgan fingerprint density at radius 1 is 1.44 bits per heavy atom. The van der Waals surface area contributed by atoms with E-state index in [0.29, 0.717) is 11.3 Å². The summed E-state index contributed by atoms with van der Waals surface area (Å²) in [5.74, 6) is 0.652. The number of nitro groups is 1. The van der Waals surface area contributed by atoms with Crippen molar-refractivity contribution in [1.29, 1.82) is 0 Å². The second-order valence-electron chi connectivity index (χ2n) is 3.04. The Morgan fingerprint density at radius 2 is 2.19 bits per heavy atom. The van der Waals surface area contributed by atoms with Crippen LogP contribution in [-0.2, 0) is 0 Å². The van der Waals surface area contributed by atoms with Gasteiger partial charge in [-0.25, -0.2) is 0 Å². The molecular formula is C9H6ClN3O3. The summed E-state index contributed by atoms with van der Waals surface area (Å²) < 4.78 is 4.90. The van der Waals surface area contributed by atoms with Crippen LogP contribution in [0.1, 0.15) is 0 Å². The molecule has 1 aromatic carbocycles. The fourth-order valence-electron chi connectivity index (χ4n) is 1.23. The molecule has 2 aromatic rings. The van der Waals surface area contributed by atoms with Gasteiger partial charge in [0.2, 0.25) is 0 Å². The van der Waals surface area contributed by atoms with E-state index in [1.165, 1.54) is 24.3 Å². The summed E-state index contributed by atoms with van der Waals surface area (Å²) >= 11 is 5.75. The van der Waals surface area contributed by atoms with Crippen molar-refractivity contribution in [3.8, 4) is 11.3 Å². The molecule has 0 amide bonds. The van der Waals surface area contributed by atoms with E-state index < -0.39 is 4.92 Å². The van der Waals surface area contributed by atoms with E-state index in [0.717, 1.165) is 0 Å². The molecule has 0 aliphatic carbocycles. The van der Waals surface area contributed by atoms with Crippen LogP contribution in [0.5, 0.6) is 0 Å². The third-order valence-electron chi connectivity index (χ3n) is 1.96. The van der Waals surface area contributed by atoms with Gasteiger partial charge >= 0.3 is 0 Å². The average Bonchev–Trinajstić information content (AvgIpc) is 2.64. The zero-order valence-corrected chi connectivity index (χ0v) is 8.64. The van der Waals surface area contributed by atoms with E-state index in [-0.39, 0.29) is 16.5 Å². The van der Waals surface area contributed by atoms with Gasteiger partial charge in [0.15, 0.2) is 11.6 Å². The van der Waals surface area contributed by atoms with E-state index in [4.69, 9.17) is 21.9 Å². The number of nitrogens with zero attached hydrogens (tertiary/aromatic N) is 2. The molecule has 1 heterocycles. The molecule has 0 bridgehead atoms. The lowest BCUT2D eigenvalue weighted by molar-refractivity contribution is -0.384. The fraction of sp³-hybridized carbons (Fsp3) is 0. The molecule has 0 aliphatic rings.